The third-order valence-corrected chi connectivity index (χ3v) is 12.7. The standard InChI is InChI=1S/C55H36FN3/c56-51-27-21-39(53-42-10-2-1-9-36(42)29-30-57-53)34-47(51)37-19-25-41(26-20-37)55(49-15-7-5-12-44(49)45-13-6-8-16-50(45)55)40-23-17-35(18-24-40)38-22-28-52-48(33-38)43-11-3-4-14-46(43)54-58-31-32-59(52)54/h1-34,54,58H. The van der Waals surface area contributed by atoms with Crippen LogP contribution in [0.4, 0.5) is 10.1 Å². The molecule has 1 aromatic heterocycles. The number of nitrogens with zero attached hydrogens (tertiary/aromatic N) is 2. The van der Waals surface area contributed by atoms with Crippen molar-refractivity contribution in [2.45, 2.75) is 11.6 Å². The highest BCUT2D eigenvalue weighted by molar-refractivity contribution is 5.95. The van der Waals surface area contributed by atoms with Crippen molar-refractivity contribution in [3.63, 3.8) is 0 Å². The second-order valence-corrected chi connectivity index (χ2v) is 15.7. The van der Waals surface area contributed by atoms with Crippen molar-refractivity contribution in [1.82, 2.24) is 10.3 Å². The summed E-state index contributed by atoms with van der Waals surface area (Å²) in [6, 6.07) is 66.3. The van der Waals surface area contributed by atoms with Gasteiger partial charge in [0.1, 0.15) is 12.0 Å². The minimum Gasteiger partial charge on any atom is -0.366 e. The van der Waals surface area contributed by atoms with Gasteiger partial charge in [0.2, 0.25) is 0 Å². The van der Waals surface area contributed by atoms with Crippen molar-refractivity contribution in [3.05, 3.63) is 240 Å². The summed E-state index contributed by atoms with van der Waals surface area (Å²) in [5, 5.41) is 5.67. The number of pyridine rings is 1. The van der Waals surface area contributed by atoms with Crippen LogP contribution in [-0.2, 0) is 5.41 Å². The minimum atomic E-state index is -0.587. The van der Waals surface area contributed by atoms with Crippen LogP contribution in [-0.4, -0.2) is 4.98 Å². The minimum absolute atomic E-state index is 0.114. The van der Waals surface area contributed by atoms with Gasteiger partial charge in [0.05, 0.1) is 16.8 Å². The second-order valence-electron chi connectivity index (χ2n) is 15.7. The van der Waals surface area contributed by atoms with E-state index < -0.39 is 5.41 Å². The van der Waals surface area contributed by atoms with Gasteiger partial charge in [0.15, 0.2) is 0 Å². The first kappa shape index (κ1) is 33.6. The van der Waals surface area contributed by atoms with Crippen molar-refractivity contribution in [1.29, 1.82) is 0 Å². The normalized spacial score (nSPS) is 15.2. The van der Waals surface area contributed by atoms with E-state index in [1.807, 2.05) is 42.7 Å². The van der Waals surface area contributed by atoms with E-state index in [0.717, 1.165) is 38.7 Å². The number of aromatic nitrogens is 1. The number of hydrogen-bond acceptors (Lipinski definition) is 3. The van der Waals surface area contributed by atoms with Gasteiger partial charge in [-0.3, -0.25) is 4.98 Å². The molecule has 1 aliphatic carbocycles. The molecule has 3 nitrogen and oxygen atoms in total. The molecule has 0 saturated heterocycles. The average Bonchev–Trinajstić information content (AvgIpc) is 3.92. The highest BCUT2D eigenvalue weighted by Crippen LogP contribution is 2.56. The average molecular weight is 758 g/mol. The molecule has 278 valence electrons. The molecule has 12 rings (SSSR count). The van der Waals surface area contributed by atoms with Gasteiger partial charge in [0.25, 0.3) is 0 Å². The van der Waals surface area contributed by atoms with Gasteiger partial charge in [-0.1, -0.05) is 152 Å². The van der Waals surface area contributed by atoms with Crippen molar-refractivity contribution in [2.75, 3.05) is 4.90 Å². The first-order valence-electron chi connectivity index (χ1n) is 20.2. The molecule has 59 heavy (non-hydrogen) atoms. The number of fused-ring (bicyclic) bond motifs is 10. The lowest BCUT2D eigenvalue weighted by Gasteiger charge is -2.35. The van der Waals surface area contributed by atoms with Crippen LogP contribution in [0.5, 0.6) is 0 Å². The first-order chi connectivity index (χ1) is 29.2. The van der Waals surface area contributed by atoms with Crippen LogP contribution in [0, 0.1) is 5.82 Å². The molecule has 8 aromatic carbocycles. The molecule has 0 bridgehead atoms. The molecule has 1 atom stereocenters. The Balaban J connectivity index is 0.975. The molecule has 0 fully saturated rings. The van der Waals surface area contributed by atoms with Crippen LogP contribution in [0.2, 0.25) is 0 Å². The van der Waals surface area contributed by atoms with E-state index in [0.29, 0.717) is 5.56 Å². The Kier molecular flexibility index (Phi) is 7.39. The Morgan fingerprint density at radius 1 is 0.508 bits per heavy atom. The van der Waals surface area contributed by atoms with Crippen molar-refractivity contribution in [3.8, 4) is 55.8 Å². The molecule has 3 aliphatic rings. The van der Waals surface area contributed by atoms with E-state index in [2.05, 4.69) is 168 Å². The summed E-state index contributed by atoms with van der Waals surface area (Å²) in [6.45, 7) is 0. The summed E-state index contributed by atoms with van der Waals surface area (Å²) in [4.78, 5) is 7.05. The number of halogens is 1. The molecule has 0 amide bonds. The topological polar surface area (TPSA) is 28.2 Å². The summed E-state index contributed by atoms with van der Waals surface area (Å²) in [5.74, 6) is -0.261. The molecule has 1 unspecified atom stereocenters. The van der Waals surface area contributed by atoms with Crippen LogP contribution < -0.4 is 10.2 Å². The quantitative estimate of drug-likeness (QED) is 0.189. The predicted molar refractivity (Wildman–Crippen MR) is 238 cm³/mol. The second kappa shape index (κ2) is 13.0. The van der Waals surface area contributed by atoms with Crippen LogP contribution in [0.3, 0.4) is 0 Å². The van der Waals surface area contributed by atoms with E-state index in [-0.39, 0.29) is 12.0 Å². The monoisotopic (exact) mass is 757 g/mol. The maximum absolute atomic E-state index is 15.8. The molecule has 4 heteroatoms. The van der Waals surface area contributed by atoms with Crippen LogP contribution in [0.25, 0.3) is 66.5 Å². The Morgan fingerprint density at radius 3 is 1.88 bits per heavy atom. The zero-order valence-electron chi connectivity index (χ0n) is 32.0. The van der Waals surface area contributed by atoms with Crippen LogP contribution in [0.15, 0.2) is 207 Å². The van der Waals surface area contributed by atoms with Gasteiger partial charge in [-0.25, -0.2) is 4.39 Å². The van der Waals surface area contributed by atoms with Crippen LogP contribution >= 0.6 is 0 Å². The SMILES string of the molecule is Fc1ccc(-c2nccc3ccccc23)cc1-c1ccc(C2(c3ccc(-c4ccc5c(c4)-c4ccccc4C4NC=CN54)cc3)c3ccccc3-c3ccccc32)cc1. The van der Waals surface area contributed by atoms with Gasteiger partial charge in [-0.05, 0) is 97.4 Å². The van der Waals surface area contributed by atoms with E-state index >= 15 is 4.39 Å². The largest absolute Gasteiger partial charge is 0.366 e. The summed E-state index contributed by atoms with van der Waals surface area (Å²) in [7, 11) is 0. The Labute approximate surface area is 342 Å². The van der Waals surface area contributed by atoms with Crippen molar-refractivity contribution < 1.29 is 4.39 Å². The van der Waals surface area contributed by atoms with E-state index in [1.165, 1.54) is 55.8 Å². The zero-order chi connectivity index (χ0) is 39.1. The van der Waals surface area contributed by atoms with Crippen LogP contribution in [0.1, 0.15) is 34.0 Å². The molecular weight excluding hydrogens is 722 g/mol. The fourth-order valence-electron chi connectivity index (χ4n) is 10.1. The molecule has 1 N–H and O–H groups in total. The highest BCUT2D eigenvalue weighted by Gasteiger charge is 2.46. The molecule has 0 radical (unpaired) electrons. The van der Waals surface area contributed by atoms with Gasteiger partial charge in [-0.2, -0.15) is 0 Å². The molecular formula is C55H36FN3. The molecule has 0 saturated carbocycles. The smallest absolute Gasteiger partial charge is 0.131 e. The summed E-state index contributed by atoms with van der Waals surface area (Å²) < 4.78 is 15.8. The first-order valence-corrected chi connectivity index (χ1v) is 20.2. The summed E-state index contributed by atoms with van der Waals surface area (Å²) >= 11 is 0. The number of benzene rings is 8. The third kappa shape index (κ3) is 4.96. The maximum atomic E-state index is 15.8. The zero-order valence-corrected chi connectivity index (χ0v) is 32.0. The number of rotatable bonds is 5. The Bertz CT molecular complexity index is 3110. The Hall–Kier alpha value is -7.56. The number of nitrogens with one attached hydrogen (secondary N) is 1. The predicted octanol–water partition coefficient (Wildman–Crippen LogP) is 13.3. The fourth-order valence-corrected chi connectivity index (χ4v) is 10.1. The Morgan fingerprint density at radius 2 is 1.12 bits per heavy atom. The molecule has 9 aromatic rings. The van der Waals surface area contributed by atoms with Gasteiger partial charge >= 0.3 is 0 Å². The van der Waals surface area contributed by atoms with Crippen molar-refractivity contribution >= 4 is 16.5 Å². The highest BCUT2D eigenvalue weighted by atomic mass is 19.1. The summed E-state index contributed by atoms with van der Waals surface area (Å²) in [6.07, 6.45) is 6.10. The number of hydrogen-bond donors (Lipinski definition) is 1. The van der Waals surface area contributed by atoms with E-state index in [4.69, 9.17) is 4.98 Å². The van der Waals surface area contributed by atoms with E-state index in [9.17, 15) is 0 Å². The van der Waals surface area contributed by atoms with Gasteiger partial charge in [-0.15, -0.1) is 0 Å². The fraction of sp³-hybridized carbons (Fsp3) is 0.0364. The van der Waals surface area contributed by atoms with E-state index in [1.54, 1.807) is 6.07 Å². The van der Waals surface area contributed by atoms with Gasteiger partial charge in [0, 0.05) is 46.2 Å². The van der Waals surface area contributed by atoms with Crippen molar-refractivity contribution in [2.24, 2.45) is 0 Å². The lowest BCUT2D eigenvalue weighted by Crippen LogP contribution is -2.30. The molecule has 2 aliphatic heterocycles. The number of anilines is 1. The lowest BCUT2D eigenvalue weighted by atomic mass is 9.67. The molecule has 3 heterocycles. The molecule has 0 spiro atoms. The lowest BCUT2D eigenvalue weighted by molar-refractivity contribution is 0.631. The summed E-state index contributed by atoms with van der Waals surface area (Å²) in [5.41, 5.74) is 17.1. The van der Waals surface area contributed by atoms with Gasteiger partial charge < -0.3 is 10.2 Å². The maximum Gasteiger partial charge on any atom is 0.131 e. The third-order valence-electron chi connectivity index (χ3n) is 12.7.